The molecule has 5 nitrogen and oxygen atoms in total. The molecular weight excluding hydrogens is 273 g/mol. The molecule has 0 atom stereocenters. The van der Waals surface area contributed by atoms with E-state index in [9.17, 15) is 9.18 Å². The van der Waals surface area contributed by atoms with Crippen LogP contribution in [-0.2, 0) is 17.8 Å². The van der Waals surface area contributed by atoms with Gasteiger partial charge in [-0.3, -0.25) is 4.79 Å². The number of benzene rings is 1. The van der Waals surface area contributed by atoms with Gasteiger partial charge in [-0.2, -0.15) is 4.98 Å². The maximum atomic E-state index is 13.5. The third kappa shape index (κ3) is 3.51. The molecule has 1 heterocycles. The molecule has 1 N–H and O–H groups in total. The smallest absolute Gasteiger partial charge is 0.246 e. The molecule has 7 heteroatoms. The van der Waals surface area contributed by atoms with E-state index in [0.29, 0.717) is 11.7 Å². The van der Waals surface area contributed by atoms with E-state index < -0.39 is 5.82 Å². The summed E-state index contributed by atoms with van der Waals surface area (Å²) in [5.41, 5.74) is 0.170. The van der Waals surface area contributed by atoms with E-state index in [1.807, 2.05) is 0 Å². The molecule has 0 aliphatic heterocycles. The number of rotatable bonds is 4. The van der Waals surface area contributed by atoms with Crippen molar-refractivity contribution in [2.24, 2.45) is 0 Å². The van der Waals surface area contributed by atoms with E-state index >= 15 is 0 Å². The first-order valence-corrected chi connectivity index (χ1v) is 5.93. The summed E-state index contributed by atoms with van der Waals surface area (Å²) in [5.74, 6) is -0.0917. The number of amides is 1. The number of nitrogens with zero attached hydrogens (tertiary/aromatic N) is 2. The summed E-state index contributed by atoms with van der Waals surface area (Å²) in [6.45, 7) is 1.78. The Morgan fingerprint density at radius 3 is 2.95 bits per heavy atom. The van der Waals surface area contributed by atoms with Crippen LogP contribution >= 0.6 is 11.6 Å². The zero-order valence-electron chi connectivity index (χ0n) is 10.1. The molecule has 100 valence electrons. The second kappa shape index (κ2) is 5.79. The maximum absolute atomic E-state index is 13.5. The quantitative estimate of drug-likeness (QED) is 0.932. The van der Waals surface area contributed by atoms with Gasteiger partial charge < -0.3 is 9.84 Å². The second-order valence-corrected chi connectivity index (χ2v) is 4.30. The number of carbonyl (C=O) groups is 1. The van der Waals surface area contributed by atoms with Crippen LogP contribution in [0.15, 0.2) is 22.7 Å². The number of aryl methyl sites for hydroxylation is 1. The van der Waals surface area contributed by atoms with Crippen LogP contribution in [0.2, 0.25) is 5.02 Å². The predicted molar refractivity (Wildman–Crippen MR) is 66.0 cm³/mol. The van der Waals surface area contributed by atoms with Gasteiger partial charge in [-0.15, -0.1) is 0 Å². The molecule has 1 aromatic heterocycles. The van der Waals surface area contributed by atoms with Crippen LogP contribution in [0.3, 0.4) is 0 Å². The Morgan fingerprint density at radius 1 is 1.53 bits per heavy atom. The third-order valence-corrected chi connectivity index (χ3v) is 2.76. The number of hydrogen-bond acceptors (Lipinski definition) is 4. The number of carbonyl (C=O) groups excluding carboxylic acids is 1. The highest BCUT2D eigenvalue weighted by molar-refractivity contribution is 6.31. The molecule has 19 heavy (non-hydrogen) atoms. The minimum absolute atomic E-state index is 0.103. The molecule has 0 saturated heterocycles. The van der Waals surface area contributed by atoms with Gasteiger partial charge in [0, 0.05) is 10.6 Å². The third-order valence-electron chi connectivity index (χ3n) is 2.41. The molecule has 0 spiro atoms. The largest absolute Gasteiger partial charge is 0.347 e. The van der Waals surface area contributed by atoms with E-state index in [4.69, 9.17) is 16.1 Å². The zero-order valence-corrected chi connectivity index (χ0v) is 10.9. The van der Waals surface area contributed by atoms with Crippen LogP contribution in [0.5, 0.6) is 0 Å². The van der Waals surface area contributed by atoms with Gasteiger partial charge in [0.15, 0.2) is 5.82 Å². The van der Waals surface area contributed by atoms with Gasteiger partial charge in [-0.05, 0) is 19.1 Å². The predicted octanol–water partition coefficient (Wildman–Crippen LogP) is 2.03. The van der Waals surface area contributed by atoms with Crippen molar-refractivity contribution in [3.05, 3.63) is 46.3 Å². The van der Waals surface area contributed by atoms with Crippen LogP contribution in [0.4, 0.5) is 4.39 Å². The van der Waals surface area contributed by atoms with Crippen molar-refractivity contribution < 1.29 is 13.7 Å². The summed E-state index contributed by atoms with van der Waals surface area (Å²) < 4.78 is 18.3. The van der Waals surface area contributed by atoms with Gasteiger partial charge in [0.25, 0.3) is 0 Å². The molecule has 0 fully saturated rings. The fourth-order valence-electron chi connectivity index (χ4n) is 1.51. The minimum atomic E-state index is -0.503. The topological polar surface area (TPSA) is 68.0 Å². The van der Waals surface area contributed by atoms with Gasteiger partial charge >= 0.3 is 0 Å². The summed E-state index contributed by atoms with van der Waals surface area (Å²) in [5, 5.41) is 6.37. The summed E-state index contributed by atoms with van der Waals surface area (Å²) in [4.78, 5) is 15.6. The first kappa shape index (κ1) is 13.5. The van der Waals surface area contributed by atoms with Crippen LogP contribution in [0, 0.1) is 12.7 Å². The van der Waals surface area contributed by atoms with Crippen LogP contribution in [0.25, 0.3) is 0 Å². The Morgan fingerprint density at radius 2 is 2.32 bits per heavy atom. The van der Waals surface area contributed by atoms with Crippen molar-refractivity contribution in [2.45, 2.75) is 19.9 Å². The summed E-state index contributed by atoms with van der Waals surface area (Å²) in [6, 6.07) is 4.28. The second-order valence-electron chi connectivity index (χ2n) is 3.89. The SMILES string of the molecule is Cc1noc(CNC(=O)Cc2c(F)cccc2Cl)n1. The first-order valence-electron chi connectivity index (χ1n) is 5.55. The van der Waals surface area contributed by atoms with Crippen molar-refractivity contribution in [1.29, 1.82) is 0 Å². The average molecular weight is 284 g/mol. The summed E-state index contributed by atoms with van der Waals surface area (Å²) in [6.07, 6.45) is -0.140. The van der Waals surface area contributed by atoms with Crippen LogP contribution < -0.4 is 5.32 Å². The molecule has 0 aliphatic rings. The molecule has 1 aromatic carbocycles. The molecule has 0 unspecified atom stereocenters. The standard InChI is InChI=1S/C12H11ClFN3O2/c1-7-16-12(19-17-7)6-15-11(18)5-8-9(13)3-2-4-10(8)14/h2-4H,5-6H2,1H3,(H,15,18). The molecule has 0 aliphatic carbocycles. The number of aromatic nitrogens is 2. The Kier molecular flexibility index (Phi) is 4.11. The fraction of sp³-hybridized carbons (Fsp3) is 0.250. The monoisotopic (exact) mass is 283 g/mol. The lowest BCUT2D eigenvalue weighted by Gasteiger charge is -2.05. The van der Waals surface area contributed by atoms with Gasteiger partial charge in [0.05, 0.1) is 13.0 Å². The van der Waals surface area contributed by atoms with Crippen molar-refractivity contribution in [3.63, 3.8) is 0 Å². The fourth-order valence-corrected chi connectivity index (χ4v) is 1.74. The summed E-state index contributed by atoms with van der Waals surface area (Å²) in [7, 11) is 0. The van der Waals surface area contributed by atoms with Gasteiger partial charge in [0.1, 0.15) is 5.82 Å². The zero-order chi connectivity index (χ0) is 13.8. The van der Waals surface area contributed by atoms with Crippen molar-refractivity contribution >= 4 is 17.5 Å². The van der Waals surface area contributed by atoms with E-state index in [1.165, 1.54) is 18.2 Å². The Hall–Kier alpha value is -1.95. The molecule has 1 amide bonds. The van der Waals surface area contributed by atoms with Crippen LogP contribution in [-0.4, -0.2) is 16.0 Å². The van der Waals surface area contributed by atoms with E-state index in [1.54, 1.807) is 6.92 Å². The van der Waals surface area contributed by atoms with Gasteiger partial charge in [0.2, 0.25) is 11.8 Å². The highest BCUT2D eigenvalue weighted by Gasteiger charge is 2.12. The van der Waals surface area contributed by atoms with E-state index in [0.717, 1.165) is 0 Å². The molecule has 2 rings (SSSR count). The molecular formula is C12H11ClFN3O2. The Bertz CT molecular complexity index is 580. The first-order chi connectivity index (χ1) is 9.06. The van der Waals surface area contributed by atoms with Crippen LogP contribution in [0.1, 0.15) is 17.3 Å². The summed E-state index contributed by atoms with van der Waals surface area (Å²) >= 11 is 5.83. The lowest BCUT2D eigenvalue weighted by molar-refractivity contribution is -0.120. The Labute approximate surface area is 113 Å². The number of halogens is 2. The number of hydrogen-bond donors (Lipinski definition) is 1. The lowest BCUT2D eigenvalue weighted by Crippen LogP contribution is -2.25. The number of nitrogens with one attached hydrogen (secondary N) is 1. The normalized spacial score (nSPS) is 10.5. The Balaban J connectivity index is 1.94. The highest BCUT2D eigenvalue weighted by atomic mass is 35.5. The maximum Gasteiger partial charge on any atom is 0.246 e. The van der Waals surface area contributed by atoms with Crippen molar-refractivity contribution in [2.75, 3.05) is 0 Å². The van der Waals surface area contributed by atoms with E-state index in [-0.39, 0.29) is 29.5 Å². The highest BCUT2D eigenvalue weighted by Crippen LogP contribution is 2.19. The van der Waals surface area contributed by atoms with Crippen molar-refractivity contribution in [1.82, 2.24) is 15.5 Å². The lowest BCUT2D eigenvalue weighted by atomic mass is 10.1. The molecule has 2 aromatic rings. The molecule has 0 bridgehead atoms. The van der Waals surface area contributed by atoms with Gasteiger partial charge in [-0.25, -0.2) is 4.39 Å². The molecule has 0 saturated carbocycles. The average Bonchev–Trinajstić information content (AvgIpc) is 2.77. The van der Waals surface area contributed by atoms with Gasteiger partial charge in [-0.1, -0.05) is 22.8 Å². The van der Waals surface area contributed by atoms with Crippen molar-refractivity contribution in [3.8, 4) is 0 Å². The minimum Gasteiger partial charge on any atom is -0.347 e. The van der Waals surface area contributed by atoms with E-state index in [2.05, 4.69) is 15.5 Å². The molecule has 0 radical (unpaired) electrons.